The molecular weight excluding hydrogens is 372 g/mol. The standard InChI is InChI=1S/C21H26N4O4/c1-25(20(27)14-24-19(26)13-22)18-6-4-3-5-17(18)21(28)23-12-11-15-7-9-16(29-2)10-8-15/h3-10H,11-14,22H2,1-2H3,(H,23,28)(H,24,26). The number of amides is 3. The van der Waals surface area contributed by atoms with Gasteiger partial charge >= 0.3 is 0 Å². The number of para-hydroxylation sites is 1. The molecule has 0 radical (unpaired) electrons. The number of rotatable bonds is 9. The predicted octanol–water partition coefficient (Wildman–Crippen LogP) is 0.705. The fraction of sp³-hybridized carbons (Fsp3) is 0.286. The Labute approximate surface area is 170 Å². The highest BCUT2D eigenvalue weighted by molar-refractivity contribution is 6.05. The molecule has 0 saturated carbocycles. The van der Waals surface area contributed by atoms with E-state index in [0.717, 1.165) is 11.3 Å². The zero-order valence-corrected chi connectivity index (χ0v) is 16.6. The monoisotopic (exact) mass is 398 g/mol. The van der Waals surface area contributed by atoms with Gasteiger partial charge in [-0.3, -0.25) is 14.4 Å². The summed E-state index contributed by atoms with van der Waals surface area (Å²) in [4.78, 5) is 37.5. The molecule has 0 aliphatic carbocycles. The molecule has 8 heteroatoms. The van der Waals surface area contributed by atoms with E-state index in [0.29, 0.717) is 24.2 Å². The molecule has 0 atom stereocenters. The highest BCUT2D eigenvalue weighted by Gasteiger charge is 2.18. The minimum Gasteiger partial charge on any atom is -0.497 e. The van der Waals surface area contributed by atoms with Crippen LogP contribution in [0.25, 0.3) is 0 Å². The lowest BCUT2D eigenvalue weighted by molar-refractivity contribution is -0.124. The molecule has 29 heavy (non-hydrogen) atoms. The molecule has 4 N–H and O–H groups in total. The number of carbonyl (C=O) groups excluding carboxylic acids is 3. The van der Waals surface area contributed by atoms with Crippen molar-refractivity contribution in [1.82, 2.24) is 10.6 Å². The van der Waals surface area contributed by atoms with Gasteiger partial charge in [0.1, 0.15) is 5.75 Å². The molecule has 0 spiro atoms. The maximum atomic E-state index is 12.6. The molecule has 3 amide bonds. The number of nitrogens with two attached hydrogens (primary N) is 1. The van der Waals surface area contributed by atoms with Gasteiger partial charge in [0.2, 0.25) is 11.8 Å². The summed E-state index contributed by atoms with van der Waals surface area (Å²) >= 11 is 0. The molecule has 0 fully saturated rings. The predicted molar refractivity (Wildman–Crippen MR) is 111 cm³/mol. The molecule has 2 rings (SSSR count). The lowest BCUT2D eigenvalue weighted by Crippen LogP contribution is -2.41. The number of methoxy groups -OCH3 is 1. The van der Waals surface area contributed by atoms with Crippen molar-refractivity contribution < 1.29 is 19.1 Å². The van der Waals surface area contributed by atoms with Crippen molar-refractivity contribution in [2.45, 2.75) is 6.42 Å². The summed E-state index contributed by atoms with van der Waals surface area (Å²) in [6.07, 6.45) is 0.664. The van der Waals surface area contributed by atoms with Crippen molar-refractivity contribution >= 4 is 23.4 Å². The fourth-order valence-electron chi connectivity index (χ4n) is 2.67. The Kier molecular flexibility index (Phi) is 8.17. The molecule has 0 aliphatic heterocycles. The summed E-state index contributed by atoms with van der Waals surface area (Å²) in [5.74, 6) is -0.275. The highest BCUT2D eigenvalue weighted by atomic mass is 16.5. The van der Waals surface area contributed by atoms with Crippen molar-refractivity contribution in [2.75, 3.05) is 38.7 Å². The van der Waals surface area contributed by atoms with Crippen molar-refractivity contribution in [1.29, 1.82) is 0 Å². The molecule has 0 aromatic heterocycles. The molecule has 154 valence electrons. The minimum absolute atomic E-state index is 0.190. The molecule has 0 aliphatic rings. The number of ether oxygens (including phenoxy) is 1. The largest absolute Gasteiger partial charge is 0.497 e. The smallest absolute Gasteiger partial charge is 0.253 e. The Bertz CT molecular complexity index is 852. The SMILES string of the molecule is COc1ccc(CCNC(=O)c2ccccc2N(C)C(=O)CNC(=O)CN)cc1. The van der Waals surface area contributed by atoms with Crippen LogP contribution in [0.5, 0.6) is 5.75 Å². The van der Waals surface area contributed by atoms with Crippen LogP contribution in [0, 0.1) is 0 Å². The van der Waals surface area contributed by atoms with Gasteiger partial charge in [-0.05, 0) is 36.2 Å². The number of hydrogen-bond donors (Lipinski definition) is 3. The van der Waals surface area contributed by atoms with Crippen LogP contribution in [0.4, 0.5) is 5.69 Å². The maximum absolute atomic E-state index is 12.6. The highest BCUT2D eigenvalue weighted by Crippen LogP contribution is 2.19. The van der Waals surface area contributed by atoms with E-state index in [-0.39, 0.29) is 24.9 Å². The Morgan fingerprint density at radius 1 is 1.03 bits per heavy atom. The van der Waals surface area contributed by atoms with Crippen molar-refractivity contribution in [3.63, 3.8) is 0 Å². The maximum Gasteiger partial charge on any atom is 0.253 e. The number of hydrogen-bond acceptors (Lipinski definition) is 5. The zero-order valence-electron chi connectivity index (χ0n) is 16.6. The number of nitrogens with one attached hydrogen (secondary N) is 2. The molecule has 0 bridgehead atoms. The molecule has 0 unspecified atom stereocenters. The molecule has 0 saturated heterocycles. The van der Waals surface area contributed by atoms with E-state index in [9.17, 15) is 14.4 Å². The van der Waals surface area contributed by atoms with Gasteiger partial charge < -0.3 is 26.0 Å². The molecule has 8 nitrogen and oxygen atoms in total. The number of anilines is 1. The van der Waals surface area contributed by atoms with Gasteiger partial charge in [0, 0.05) is 13.6 Å². The van der Waals surface area contributed by atoms with Gasteiger partial charge in [-0.25, -0.2) is 0 Å². The quantitative estimate of drug-likeness (QED) is 0.576. The van der Waals surface area contributed by atoms with Crippen LogP contribution in [0.2, 0.25) is 0 Å². The summed E-state index contributed by atoms with van der Waals surface area (Å²) in [6.45, 7) is 0.0633. The van der Waals surface area contributed by atoms with Crippen LogP contribution in [0.3, 0.4) is 0 Å². The average molecular weight is 398 g/mol. The first-order valence-electron chi connectivity index (χ1n) is 9.19. The average Bonchev–Trinajstić information content (AvgIpc) is 2.76. The van der Waals surface area contributed by atoms with E-state index >= 15 is 0 Å². The minimum atomic E-state index is -0.420. The Morgan fingerprint density at radius 3 is 2.38 bits per heavy atom. The normalized spacial score (nSPS) is 10.2. The molecule has 2 aromatic carbocycles. The molecule has 0 heterocycles. The van der Waals surface area contributed by atoms with E-state index < -0.39 is 5.91 Å². The number of carbonyl (C=O) groups is 3. The first-order chi connectivity index (χ1) is 14.0. The lowest BCUT2D eigenvalue weighted by atomic mass is 10.1. The zero-order chi connectivity index (χ0) is 21.2. The van der Waals surface area contributed by atoms with Crippen LogP contribution in [-0.2, 0) is 16.0 Å². The molecular formula is C21H26N4O4. The summed E-state index contributed by atoms with van der Waals surface area (Å²) < 4.78 is 5.13. The van der Waals surface area contributed by atoms with E-state index in [4.69, 9.17) is 10.5 Å². The second-order valence-electron chi connectivity index (χ2n) is 6.30. The Morgan fingerprint density at radius 2 is 1.72 bits per heavy atom. The van der Waals surface area contributed by atoms with Crippen LogP contribution in [-0.4, -0.2) is 51.5 Å². The van der Waals surface area contributed by atoms with Gasteiger partial charge in [-0.2, -0.15) is 0 Å². The van der Waals surface area contributed by atoms with Gasteiger partial charge in [0.25, 0.3) is 5.91 Å². The van der Waals surface area contributed by atoms with Crippen LogP contribution in [0.1, 0.15) is 15.9 Å². The topological polar surface area (TPSA) is 114 Å². The van der Waals surface area contributed by atoms with E-state index in [1.807, 2.05) is 24.3 Å². The summed E-state index contributed by atoms with van der Waals surface area (Å²) in [7, 11) is 3.17. The first-order valence-corrected chi connectivity index (χ1v) is 9.19. The third-order valence-electron chi connectivity index (χ3n) is 4.36. The number of benzene rings is 2. The van der Waals surface area contributed by atoms with Gasteiger partial charge in [-0.15, -0.1) is 0 Å². The summed E-state index contributed by atoms with van der Waals surface area (Å²) in [6, 6.07) is 14.4. The Hall–Kier alpha value is -3.39. The third-order valence-corrected chi connectivity index (χ3v) is 4.36. The van der Waals surface area contributed by atoms with Gasteiger partial charge in [-0.1, -0.05) is 24.3 Å². The van der Waals surface area contributed by atoms with Crippen LogP contribution >= 0.6 is 0 Å². The van der Waals surface area contributed by atoms with Gasteiger partial charge in [0.15, 0.2) is 0 Å². The Balaban J connectivity index is 1.97. The first kappa shape index (κ1) is 21.9. The van der Waals surface area contributed by atoms with Crippen molar-refractivity contribution in [3.05, 3.63) is 59.7 Å². The van der Waals surface area contributed by atoms with Crippen LogP contribution < -0.4 is 26.0 Å². The fourth-order valence-corrected chi connectivity index (χ4v) is 2.67. The van der Waals surface area contributed by atoms with Gasteiger partial charge in [0.05, 0.1) is 31.5 Å². The number of nitrogens with zero attached hydrogens (tertiary/aromatic N) is 1. The second-order valence-corrected chi connectivity index (χ2v) is 6.30. The second kappa shape index (κ2) is 10.8. The third kappa shape index (κ3) is 6.32. The van der Waals surface area contributed by atoms with Crippen molar-refractivity contribution in [3.8, 4) is 5.75 Å². The summed E-state index contributed by atoms with van der Waals surface area (Å²) in [5, 5.41) is 5.30. The van der Waals surface area contributed by atoms with E-state index in [1.54, 1.807) is 38.4 Å². The van der Waals surface area contributed by atoms with E-state index in [1.165, 1.54) is 4.90 Å². The molecule has 2 aromatic rings. The number of likely N-dealkylation sites (N-methyl/N-ethyl adjacent to an activating group) is 1. The van der Waals surface area contributed by atoms with E-state index in [2.05, 4.69) is 10.6 Å². The lowest BCUT2D eigenvalue weighted by Gasteiger charge is -2.20. The van der Waals surface area contributed by atoms with Crippen molar-refractivity contribution in [2.24, 2.45) is 5.73 Å². The summed E-state index contributed by atoms with van der Waals surface area (Å²) in [5.41, 5.74) is 7.13. The van der Waals surface area contributed by atoms with Crippen LogP contribution in [0.15, 0.2) is 48.5 Å².